The van der Waals surface area contributed by atoms with Gasteiger partial charge in [-0.05, 0) is 49.9 Å². The lowest BCUT2D eigenvalue weighted by Gasteiger charge is -2.34. The summed E-state index contributed by atoms with van der Waals surface area (Å²) in [6, 6.07) is 6.25. The topological polar surface area (TPSA) is 72.5 Å². The fourth-order valence-electron chi connectivity index (χ4n) is 3.77. The monoisotopic (exact) mass is 417 g/mol. The van der Waals surface area contributed by atoms with Crippen molar-refractivity contribution in [2.45, 2.75) is 46.1 Å². The van der Waals surface area contributed by atoms with Crippen molar-refractivity contribution in [1.82, 2.24) is 20.5 Å². The van der Waals surface area contributed by atoms with Crippen LogP contribution in [0.1, 0.15) is 39.2 Å². The molecule has 158 valence electrons. The van der Waals surface area contributed by atoms with Crippen LogP contribution in [0.25, 0.3) is 10.9 Å². The molecule has 1 aliphatic rings. The predicted molar refractivity (Wildman–Crippen MR) is 121 cm³/mol. The Morgan fingerprint density at radius 1 is 1.34 bits per heavy atom. The smallest absolute Gasteiger partial charge is 0.225 e. The Balaban J connectivity index is 1.55. The summed E-state index contributed by atoms with van der Waals surface area (Å²) in [7, 11) is 0. The van der Waals surface area contributed by atoms with E-state index in [4.69, 9.17) is 16.6 Å². The summed E-state index contributed by atoms with van der Waals surface area (Å²) < 4.78 is 0. The average molecular weight is 418 g/mol. The zero-order chi connectivity index (χ0) is 20.8. The molecule has 2 heterocycles. The van der Waals surface area contributed by atoms with Crippen LogP contribution in [0.15, 0.2) is 29.4 Å². The number of hydrogen-bond donors (Lipinski definition) is 3. The van der Waals surface area contributed by atoms with Gasteiger partial charge in [0.25, 0.3) is 0 Å². The third kappa shape index (κ3) is 5.66. The molecule has 7 heteroatoms. The number of likely N-dealkylation sites (tertiary alicyclic amines) is 1. The highest BCUT2D eigenvalue weighted by molar-refractivity contribution is 6.31. The number of hydrogen-bond acceptors (Lipinski definition) is 2. The molecule has 3 rings (SSSR count). The molecule has 0 atom stereocenters. The van der Waals surface area contributed by atoms with Gasteiger partial charge in [-0.1, -0.05) is 25.4 Å². The van der Waals surface area contributed by atoms with Crippen molar-refractivity contribution >= 4 is 34.4 Å². The highest BCUT2D eigenvalue weighted by Crippen LogP contribution is 2.22. The zero-order valence-corrected chi connectivity index (χ0v) is 18.4. The van der Waals surface area contributed by atoms with Crippen molar-refractivity contribution in [3.05, 3.63) is 35.0 Å². The lowest BCUT2D eigenvalue weighted by Crippen LogP contribution is -2.50. The number of carbonyl (C=O) groups excluding carboxylic acids is 1. The van der Waals surface area contributed by atoms with Crippen LogP contribution in [0.2, 0.25) is 5.02 Å². The quantitative estimate of drug-likeness (QED) is 0.497. The van der Waals surface area contributed by atoms with Crippen LogP contribution in [-0.2, 0) is 11.2 Å². The number of nitrogens with one attached hydrogen (secondary N) is 3. The van der Waals surface area contributed by atoms with Gasteiger partial charge in [0.1, 0.15) is 0 Å². The second-order valence-corrected chi connectivity index (χ2v) is 8.35. The minimum Gasteiger partial charge on any atom is -0.361 e. The fourth-order valence-corrected chi connectivity index (χ4v) is 3.94. The Kier molecular flexibility index (Phi) is 7.42. The van der Waals surface area contributed by atoms with E-state index in [2.05, 4.69) is 22.5 Å². The van der Waals surface area contributed by atoms with Gasteiger partial charge in [-0.3, -0.25) is 9.79 Å². The number of aromatic amines is 1. The second kappa shape index (κ2) is 10.0. The van der Waals surface area contributed by atoms with Crippen LogP contribution in [0.5, 0.6) is 0 Å². The van der Waals surface area contributed by atoms with Crippen molar-refractivity contribution in [3.8, 4) is 0 Å². The summed E-state index contributed by atoms with van der Waals surface area (Å²) in [5.41, 5.74) is 2.32. The Labute approximate surface area is 178 Å². The van der Waals surface area contributed by atoms with Crippen molar-refractivity contribution in [1.29, 1.82) is 0 Å². The van der Waals surface area contributed by atoms with E-state index in [1.807, 2.05) is 43.1 Å². The number of rotatable bonds is 6. The molecule has 1 amide bonds. The van der Waals surface area contributed by atoms with Gasteiger partial charge >= 0.3 is 0 Å². The highest BCUT2D eigenvalue weighted by atomic mass is 35.5. The molecule has 3 N–H and O–H groups in total. The summed E-state index contributed by atoms with van der Waals surface area (Å²) in [6.45, 7) is 9.13. The Morgan fingerprint density at radius 3 is 2.79 bits per heavy atom. The van der Waals surface area contributed by atoms with Gasteiger partial charge in [-0.2, -0.15) is 0 Å². The summed E-state index contributed by atoms with van der Waals surface area (Å²) >= 11 is 6.14. The SMILES string of the molecule is CCNC(=NCCc1c[nH]c2ccc(Cl)cc12)NC1CCN(C(=O)C(C)C)CC1. The van der Waals surface area contributed by atoms with Crippen LogP contribution in [-0.4, -0.2) is 54.0 Å². The Bertz CT molecular complexity index is 852. The molecule has 1 aliphatic heterocycles. The number of halogens is 1. The molecule has 1 saturated heterocycles. The molecule has 6 nitrogen and oxygen atoms in total. The van der Waals surface area contributed by atoms with Crippen molar-refractivity contribution in [2.24, 2.45) is 10.9 Å². The zero-order valence-electron chi connectivity index (χ0n) is 17.6. The van der Waals surface area contributed by atoms with Crippen LogP contribution in [0, 0.1) is 5.92 Å². The van der Waals surface area contributed by atoms with Crippen LogP contribution in [0.4, 0.5) is 0 Å². The minimum absolute atomic E-state index is 0.0674. The van der Waals surface area contributed by atoms with E-state index in [0.717, 1.165) is 60.8 Å². The number of amides is 1. The number of carbonyl (C=O) groups is 1. The standard InChI is InChI=1S/C22H32ClN5O/c1-4-24-22(27-18-8-11-28(12-9-18)21(29)15(2)3)25-10-7-16-14-26-20-6-5-17(23)13-19(16)20/h5-6,13-15,18,26H,4,7-12H2,1-3H3,(H2,24,25,27). The molecule has 0 unspecified atom stereocenters. The molecule has 1 aromatic heterocycles. The van der Waals surface area contributed by atoms with E-state index in [1.54, 1.807) is 0 Å². The Hall–Kier alpha value is -2.21. The molecule has 1 fully saturated rings. The number of H-pyrrole nitrogens is 1. The first kappa shape index (κ1) is 21.5. The summed E-state index contributed by atoms with van der Waals surface area (Å²) in [4.78, 5) is 22.2. The average Bonchev–Trinajstić information content (AvgIpc) is 3.10. The molecule has 0 spiro atoms. The van der Waals surface area contributed by atoms with Crippen LogP contribution in [0.3, 0.4) is 0 Å². The number of piperidine rings is 1. The maximum absolute atomic E-state index is 12.2. The van der Waals surface area contributed by atoms with Crippen molar-refractivity contribution < 1.29 is 4.79 Å². The third-order valence-corrected chi connectivity index (χ3v) is 5.60. The largest absolute Gasteiger partial charge is 0.361 e. The van der Waals surface area contributed by atoms with Gasteiger partial charge in [0, 0.05) is 60.3 Å². The van der Waals surface area contributed by atoms with Gasteiger partial charge in [0.2, 0.25) is 5.91 Å². The van der Waals surface area contributed by atoms with E-state index in [0.29, 0.717) is 12.6 Å². The summed E-state index contributed by atoms with van der Waals surface area (Å²) in [6.07, 6.45) is 4.78. The molecule has 2 aromatic rings. The maximum Gasteiger partial charge on any atom is 0.225 e. The molecule has 0 radical (unpaired) electrons. The highest BCUT2D eigenvalue weighted by Gasteiger charge is 2.24. The molecule has 1 aromatic carbocycles. The molecular formula is C22H32ClN5O. The van der Waals surface area contributed by atoms with E-state index in [-0.39, 0.29) is 11.8 Å². The number of guanidine groups is 1. The Morgan fingerprint density at radius 2 is 2.10 bits per heavy atom. The first-order valence-corrected chi connectivity index (χ1v) is 10.9. The van der Waals surface area contributed by atoms with Crippen molar-refractivity contribution in [2.75, 3.05) is 26.2 Å². The van der Waals surface area contributed by atoms with E-state index < -0.39 is 0 Å². The van der Waals surface area contributed by atoms with Gasteiger partial charge in [-0.15, -0.1) is 0 Å². The van der Waals surface area contributed by atoms with Gasteiger partial charge in [0.15, 0.2) is 5.96 Å². The predicted octanol–water partition coefficient (Wildman–Crippen LogP) is 3.57. The molecular weight excluding hydrogens is 386 g/mol. The van der Waals surface area contributed by atoms with Gasteiger partial charge < -0.3 is 20.5 Å². The number of nitrogens with zero attached hydrogens (tertiary/aromatic N) is 2. The molecule has 29 heavy (non-hydrogen) atoms. The summed E-state index contributed by atoms with van der Waals surface area (Å²) in [5.74, 6) is 1.17. The maximum atomic E-state index is 12.2. The van der Waals surface area contributed by atoms with Crippen molar-refractivity contribution in [3.63, 3.8) is 0 Å². The number of benzene rings is 1. The van der Waals surface area contributed by atoms with E-state index >= 15 is 0 Å². The van der Waals surface area contributed by atoms with E-state index in [9.17, 15) is 4.79 Å². The first-order valence-electron chi connectivity index (χ1n) is 10.6. The third-order valence-electron chi connectivity index (χ3n) is 5.37. The van der Waals surface area contributed by atoms with Gasteiger partial charge in [0.05, 0.1) is 0 Å². The lowest BCUT2D eigenvalue weighted by molar-refractivity contribution is -0.135. The first-order chi connectivity index (χ1) is 14.0. The number of aliphatic imine (C=N–C) groups is 1. The minimum atomic E-state index is 0.0674. The lowest BCUT2D eigenvalue weighted by atomic mass is 10.0. The molecule has 0 bridgehead atoms. The second-order valence-electron chi connectivity index (χ2n) is 7.91. The molecule has 0 aliphatic carbocycles. The van der Waals surface area contributed by atoms with Crippen LogP contribution >= 0.6 is 11.6 Å². The number of fused-ring (bicyclic) bond motifs is 1. The van der Waals surface area contributed by atoms with Crippen LogP contribution < -0.4 is 10.6 Å². The van der Waals surface area contributed by atoms with E-state index in [1.165, 1.54) is 5.56 Å². The molecule has 0 saturated carbocycles. The van der Waals surface area contributed by atoms with Gasteiger partial charge in [-0.25, -0.2) is 0 Å². The summed E-state index contributed by atoms with van der Waals surface area (Å²) in [5, 5.41) is 8.79. The fraction of sp³-hybridized carbons (Fsp3) is 0.545. The normalized spacial score (nSPS) is 15.9. The number of aromatic nitrogens is 1.